The molecule has 50 heavy (non-hydrogen) atoms. The van der Waals surface area contributed by atoms with E-state index in [9.17, 15) is 24.6 Å². The van der Waals surface area contributed by atoms with Crippen molar-refractivity contribution in [1.82, 2.24) is 0 Å². The molecule has 0 aliphatic rings. The van der Waals surface area contributed by atoms with E-state index in [-0.39, 0.29) is 37.8 Å². The Labute approximate surface area is 307 Å². The van der Waals surface area contributed by atoms with Gasteiger partial charge in [-0.1, -0.05) is 140 Å². The van der Waals surface area contributed by atoms with Crippen LogP contribution in [-0.4, -0.2) is 75.7 Å². The number of carbonyl (C=O) groups is 3. The Kier molecular flexibility index (Phi) is 33.3. The summed E-state index contributed by atoms with van der Waals surface area (Å²) in [5.74, 6) is -1.87. The fourth-order valence-electron chi connectivity index (χ4n) is 5.00. The molecular formula is C40H69NO8S. The van der Waals surface area contributed by atoms with Gasteiger partial charge in [-0.15, -0.1) is 11.8 Å². The lowest BCUT2D eigenvalue weighted by molar-refractivity contribution is -0.153. The number of allylic oxidation sites excluding steroid dienone is 7. The van der Waals surface area contributed by atoms with Crippen molar-refractivity contribution < 1.29 is 39.2 Å². The molecule has 4 atom stereocenters. The number of carboxylic acids is 1. The highest BCUT2D eigenvalue weighted by Crippen LogP contribution is 2.21. The number of carbonyl (C=O) groups excluding carboxylic acids is 2. The van der Waals surface area contributed by atoms with Crippen LogP contribution >= 0.6 is 11.8 Å². The minimum Gasteiger partial charge on any atom is -0.481 e. The molecule has 0 rings (SSSR count). The Morgan fingerprint density at radius 1 is 0.700 bits per heavy atom. The number of rotatable bonds is 34. The van der Waals surface area contributed by atoms with Crippen molar-refractivity contribution >= 4 is 29.7 Å². The molecule has 0 aromatic heterocycles. The van der Waals surface area contributed by atoms with E-state index >= 15 is 0 Å². The summed E-state index contributed by atoms with van der Waals surface area (Å²) < 4.78 is 10.3. The summed E-state index contributed by atoms with van der Waals surface area (Å²) in [7, 11) is 0. The van der Waals surface area contributed by atoms with Crippen molar-refractivity contribution in [2.45, 2.75) is 166 Å². The van der Waals surface area contributed by atoms with E-state index in [1.807, 2.05) is 24.3 Å². The van der Waals surface area contributed by atoms with E-state index < -0.39 is 35.4 Å². The van der Waals surface area contributed by atoms with Crippen molar-refractivity contribution in [3.05, 3.63) is 48.6 Å². The van der Waals surface area contributed by atoms with Crippen molar-refractivity contribution in [2.24, 2.45) is 5.73 Å². The molecule has 0 saturated carbocycles. The second-order valence-electron chi connectivity index (χ2n) is 12.9. The zero-order valence-electron chi connectivity index (χ0n) is 31.1. The number of nitrogens with two attached hydrogens (primary N) is 1. The van der Waals surface area contributed by atoms with Crippen molar-refractivity contribution in [1.29, 1.82) is 0 Å². The van der Waals surface area contributed by atoms with Crippen LogP contribution in [-0.2, 0) is 23.9 Å². The van der Waals surface area contributed by atoms with E-state index in [1.165, 1.54) is 82.4 Å². The van der Waals surface area contributed by atoms with Crippen LogP contribution in [0.5, 0.6) is 0 Å². The lowest BCUT2D eigenvalue weighted by Gasteiger charge is -2.21. The van der Waals surface area contributed by atoms with Gasteiger partial charge < -0.3 is 30.5 Å². The highest BCUT2D eigenvalue weighted by Gasteiger charge is 2.23. The summed E-state index contributed by atoms with van der Waals surface area (Å²) >= 11 is 1.27. The molecule has 5 N–H and O–H groups in total. The van der Waals surface area contributed by atoms with Crippen molar-refractivity contribution in [2.75, 3.05) is 19.0 Å². The Morgan fingerprint density at radius 3 is 1.96 bits per heavy atom. The van der Waals surface area contributed by atoms with Crippen LogP contribution in [0.1, 0.15) is 142 Å². The van der Waals surface area contributed by atoms with E-state index in [4.69, 9.17) is 20.3 Å². The molecule has 0 unspecified atom stereocenters. The van der Waals surface area contributed by atoms with Gasteiger partial charge in [-0.25, -0.2) is 0 Å². The third-order valence-corrected chi connectivity index (χ3v) is 9.47. The summed E-state index contributed by atoms with van der Waals surface area (Å²) in [6, 6.07) is -1.01. The topological polar surface area (TPSA) is 156 Å². The van der Waals surface area contributed by atoms with Crippen LogP contribution < -0.4 is 5.73 Å². The van der Waals surface area contributed by atoms with Crippen LogP contribution in [0.2, 0.25) is 0 Å². The first-order valence-corrected chi connectivity index (χ1v) is 20.2. The number of aliphatic carboxylic acids is 1. The number of thioether (sulfide) groups is 1. The van der Waals surface area contributed by atoms with Crippen molar-refractivity contribution in [3.8, 4) is 0 Å². The maximum Gasteiger partial charge on any atom is 0.323 e. The molecular weight excluding hydrogens is 655 g/mol. The number of carboxylic acid groups (broad SMARTS) is 1. The predicted molar refractivity (Wildman–Crippen MR) is 206 cm³/mol. The largest absolute Gasteiger partial charge is 0.481 e. The molecule has 0 spiro atoms. The molecule has 0 bridgehead atoms. The number of hydrogen-bond acceptors (Lipinski definition) is 9. The molecule has 0 saturated heterocycles. The van der Waals surface area contributed by atoms with Gasteiger partial charge in [0.1, 0.15) is 25.4 Å². The van der Waals surface area contributed by atoms with Gasteiger partial charge in [0.05, 0.1) is 6.10 Å². The Hall–Kier alpha value is -2.40. The Bertz CT molecular complexity index is 967. The zero-order chi connectivity index (χ0) is 37.1. The first kappa shape index (κ1) is 47.6. The van der Waals surface area contributed by atoms with E-state index in [2.05, 4.69) is 32.1 Å². The van der Waals surface area contributed by atoms with Gasteiger partial charge in [0, 0.05) is 23.8 Å². The maximum absolute atomic E-state index is 12.5. The van der Waals surface area contributed by atoms with E-state index in [0.29, 0.717) is 12.8 Å². The normalized spacial score (nSPS) is 14.5. The minimum absolute atomic E-state index is 0.0429. The third kappa shape index (κ3) is 31.6. The average molecular weight is 724 g/mol. The standard InChI is InChI=1S/C40H69NO8S/c1-3-5-7-9-11-13-15-17-18-20-22-24-28-37(36(43)27-26-29-38(44)45)50-33-35(41)40(47)49-32-34(42)31-48-39(46)30-25-23-21-19-16-14-12-10-8-6-4-2/h11,13,17-18,20,22,24,28,34-37,42-43H,3-10,12,14-16,19,21,23,25-27,29-33,41H2,1-2H3,(H,44,45)/b13-11-,18-17-,22-20+,28-24+/t34-,35+,36+,37-/m1/s1. The second-order valence-corrected chi connectivity index (χ2v) is 14.1. The molecule has 0 aromatic rings. The number of unbranched alkanes of at least 4 members (excludes halogenated alkanes) is 13. The van der Waals surface area contributed by atoms with Crippen LogP contribution in [0, 0.1) is 0 Å². The number of aliphatic hydroxyl groups is 2. The molecule has 9 nitrogen and oxygen atoms in total. The van der Waals surface area contributed by atoms with Gasteiger partial charge >= 0.3 is 17.9 Å². The molecule has 0 amide bonds. The number of hydrogen-bond donors (Lipinski definition) is 4. The van der Waals surface area contributed by atoms with Gasteiger partial charge in [-0.3, -0.25) is 14.4 Å². The minimum atomic E-state index is -1.16. The summed E-state index contributed by atoms with van der Waals surface area (Å²) in [5, 5.41) is 29.4. The monoisotopic (exact) mass is 723 g/mol. The molecule has 0 heterocycles. The van der Waals surface area contributed by atoms with Gasteiger partial charge in [-0.05, 0) is 38.5 Å². The second kappa shape index (κ2) is 35.0. The van der Waals surface area contributed by atoms with Crippen LogP contribution in [0.25, 0.3) is 0 Å². The highest BCUT2D eigenvalue weighted by atomic mass is 32.2. The fraction of sp³-hybridized carbons (Fsp3) is 0.725. The Morgan fingerprint density at radius 2 is 1.30 bits per heavy atom. The molecule has 288 valence electrons. The summed E-state index contributed by atoms with van der Waals surface area (Å²) in [6.45, 7) is 3.81. The zero-order valence-corrected chi connectivity index (χ0v) is 31.9. The van der Waals surface area contributed by atoms with Crippen molar-refractivity contribution in [3.63, 3.8) is 0 Å². The highest BCUT2D eigenvalue weighted by molar-refractivity contribution is 8.00. The lowest BCUT2D eigenvalue weighted by atomic mass is 10.1. The van der Waals surface area contributed by atoms with E-state index in [0.717, 1.165) is 32.1 Å². The summed E-state index contributed by atoms with van der Waals surface area (Å²) in [6.07, 6.45) is 33.3. The smallest absolute Gasteiger partial charge is 0.323 e. The molecule has 0 aromatic carbocycles. The average Bonchev–Trinajstić information content (AvgIpc) is 3.09. The third-order valence-electron chi connectivity index (χ3n) is 8.06. The fourth-order valence-corrected chi connectivity index (χ4v) is 6.12. The molecule has 0 fully saturated rings. The number of aliphatic hydroxyl groups excluding tert-OH is 2. The molecule has 10 heteroatoms. The summed E-state index contributed by atoms with van der Waals surface area (Å²) in [4.78, 5) is 35.4. The van der Waals surface area contributed by atoms with Gasteiger partial charge in [0.2, 0.25) is 0 Å². The lowest BCUT2D eigenvalue weighted by Crippen LogP contribution is -2.38. The first-order valence-electron chi connectivity index (χ1n) is 19.1. The number of esters is 2. The predicted octanol–water partition coefficient (Wildman–Crippen LogP) is 8.37. The summed E-state index contributed by atoms with van der Waals surface area (Å²) in [5.41, 5.74) is 6.04. The molecule has 0 aliphatic heterocycles. The maximum atomic E-state index is 12.5. The van der Waals surface area contributed by atoms with Gasteiger partial charge in [0.15, 0.2) is 0 Å². The van der Waals surface area contributed by atoms with Gasteiger partial charge in [-0.2, -0.15) is 0 Å². The van der Waals surface area contributed by atoms with Gasteiger partial charge in [0.25, 0.3) is 0 Å². The number of ether oxygens (including phenoxy) is 2. The first-order chi connectivity index (χ1) is 24.2. The molecule has 0 radical (unpaired) electrons. The SMILES string of the molecule is CCCCC/C=C\C\C=C/C=C/C=C/[C@@H](SC[C@H](N)C(=O)OC[C@H](O)COC(=O)CCCCCCCCCCCCC)[C@@H](O)CCCC(=O)O. The quantitative estimate of drug-likeness (QED) is 0.0220. The Balaban J connectivity index is 4.45. The van der Waals surface area contributed by atoms with Crippen LogP contribution in [0.4, 0.5) is 0 Å². The van der Waals surface area contributed by atoms with Crippen LogP contribution in [0.3, 0.4) is 0 Å². The van der Waals surface area contributed by atoms with Crippen LogP contribution in [0.15, 0.2) is 48.6 Å². The molecule has 0 aliphatic carbocycles. The van der Waals surface area contributed by atoms with E-state index in [1.54, 1.807) is 6.08 Å².